The van der Waals surface area contributed by atoms with Gasteiger partial charge in [0.25, 0.3) is 0 Å². The van der Waals surface area contributed by atoms with Crippen LogP contribution in [0, 0.1) is 5.82 Å². The van der Waals surface area contributed by atoms with Crippen molar-refractivity contribution in [3.63, 3.8) is 0 Å². The van der Waals surface area contributed by atoms with E-state index in [2.05, 4.69) is 5.32 Å². The summed E-state index contributed by atoms with van der Waals surface area (Å²) in [6, 6.07) is 3.84. The number of hydrogen-bond acceptors (Lipinski definition) is 2. The highest BCUT2D eigenvalue weighted by molar-refractivity contribution is 6.33. The number of hydrogen-bond donors (Lipinski definition) is 2. The number of amides is 1. The first-order valence-electron chi connectivity index (χ1n) is 5.57. The number of nitrogens with two attached hydrogens (primary N) is 1. The van der Waals surface area contributed by atoms with Crippen LogP contribution in [0.5, 0.6) is 0 Å². The summed E-state index contributed by atoms with van der Waals surface area (Å²) in [5.74, 6) is -0.732. The Morgan fingerprint density at radius 3 is 2.71 bits per heavy atom. The molecule has 2 rings (SSSR count). The molecule has 1 saturated carbocycles. The normalized spacial score (nSPS) is 18.1. The molecule has 1 aromatic carbocycles. The first-order chi connectivity index (χ1) is 8.01. The van der Waals surface area contributed by atoms with Crippen LogP contribution in [0.2, 0.25) is 5.02 Å². The molecule has 3 N–H and O–H groups in total. The number of carbonyl (C=O) groups is 1. The fraction of sp³-hybridized carbons (Fsp3) is 0.417. The van der Waals surface area contributed by atoms with Crippen LogP contribution in [0.15, 0.2) is 18.2 Å². The van der Waals surface area contributed by atoms with Crippen molar-refractivity contribution in [2.45, 2.75) is 31.2 Å². The maximum absolute atomic E-state index is 13.0. The van der Waals surface area contributed by atoms with Crippen molar-refractivity contribution in [1.29, 1.82) is 0 Å². The van der Waals surface area contributed by atoms with Crippen LogP contribution in [0.1, 0.15) is 25.7 Å². The van der Waals surface area contributed by atoms with Crippen molar-refractivity contribution in [2.75, 3.05) is 5.32 Å². The summed E-state index contributed by atoms with van der Waals surface area (Å²) in [4.78, 5) is 12.0. The number of benzene rings is 1. The summed E-state index contributed by atoms with van der Waals surface area (Å²) >= 11 is 5.87. The standard InChI is InChI=1S/C12H14ClFN2O/c13-9-4-3-8(14)7-10(9)16-11(17)12(15)5-1-2-6-12/h3-4,7H,1-2,5-6,15H2,(H,16,17). The number of rotatable bonds is 2. The lowest BCUT2D eigenvalue weighted by Crippen LogP contribution is -2.48. The zero-order valence-corrected chi connectivity index (χ0v) is 10.1. The molecule has 0 heterocycles. The zero-order valence-electron chi connectivity index (χ0n) is 9.30. The Morgan fingerprint density at radius 1 is 1.41 bits per heavy atom. The summed E-state index contributed by atoms with van der Waals surface area (Å²) < 4.78 is 13.0. The van der Waals surface area contributed by atoms with E-state index in [0.717, 1.165) is 12.8 Å². The molecular weight excluding hydrogens is 243 g/mol. The molecule has 1 aromatic rings. The summed E-state index contributed by atoms with van der Waals surface area (Å²) in [7, 11) is 0. The number of anilines is 1. The van der Waals surface area contributed by atoms with Crippen LogP contribution in [0.4, 0.5) is 10.1 Å². The highest BCUT2D eigenvalue weighted by Gasteiger charge is 2.37. The summed E-state index contributed by atoms with van der Waals surface area (Å²) in [6.07, 6.45) is 3.21. The molecule has 0 aliphatic heterocycles. The van der Waals surface area contributed by atoms with E-state index in [1.54, 1.807) is 0 Å². The minimum atomic E-state index is -0.838. The van der Waals surface area contributed by atoms with Gasteiger partial charge in [-0.3, -0.25) is 4.79 Å². The molecule has 3 nitrogen and oxygen atoms in total. The lowest BCUT2D eigenvalue weighted by Gasteiger charge is -2.22. The Kier molecular flexibility index (Phi) is 3.35. The largest absolute Gasteiger partial charge is 0.323 e. The Labute approximate surface area is 104 Å². The van der Waals surface area contributed by atoms with Gasteiger partial charge in [0.15, 0.2) is 0 Å². The lowest BCUT2D eigenvalue weighted by molar-refractivity contribution is -0.121. The Bertz CT molecular complexity index is 444. The molecule has 0 aromatic heterocycles. The lowest BCUT2D eigenvalue weighted by atomic mass is 9.98. The van der Waals surface area contributed by atoms with E-state index >= 15 is 0 Å². The van der Waals surface area contributed by atoms with Gasteiger partial charge in [0.1, 0.15) is 5.82 Å². The highest BCUT2D eigenvalue weighted by Crippen LogP contribution is 2.30. The van der Waals surface area contributed by atoms with Gasteiger partial charge in [-0.1, -0.05) is 24.4 Å². The van der Waals surface area contributed by atoms with E-state index in [-0.39, 0.29) is 11.6 Å². The Hall–Kier alpha value is -1.13. The molecule has 92 valence electrons. The molecule has 0 unspecified atom stereocenters. The second kappa shape index (κ2) is 4.63. The maximum Gasteiger partial charge on any atom is 0.244 e. The first kappa shape index (κ1) is 12.3. The van der Waals surface area contributed by atoms with Crippen molar-refractivity contribution in [1.82, 2.24) is 0 Å². The second-order valence-electron chi connectivity index (χ2n) is 4.44. The monoisotopic (exact) mass is 256 g/mol. The third-order valence-electron chi connectivity index (χ3n) is 3.12. The van der Waals surface area contributed by atoms with E-state index in [4.69, 9.17) is 17.3 Å². The van der Waals surface area contributed by atoms with Crippen molar-refractivity contribution in [2.24, 2.45) is 5.73 Å². The minimum Gasteiger partial charge on any atom is -0.323 e. The van der Waals surface area contributed by atoms with Crippen molar-refractivity contribution >= 4 is 23.2 Å². The van der Waals surface area contributed by atoms with E-state index < -0.39 is 11.4 Å². The van der Waals surface area contributed by atoms with Crippen LogP contribution in [0.3, 0.4) is 0 Å². The van der Waals surface area contributed by atoms with Crippen molar-refractivity contribution in [3.8, 4) is 0 Å². The van der Waals surface area contributed by atoms with E-state index in [0.29, 0.717) is 17.9 Å². The average Bonchev–Trinajstić information content (AvgIpc) is 2.72. The molecule has 0 atom stereocenters. The summed E-state index contributed by atoms with van der Waals surface area (Å²) in [5, 5.41) is 2.90. The molecular formula is C12H14ClFN2O. The molecule has 1 aliphatic carbocycles. The Morgan fingerprint density at radius 2 is 2.06 bits per heavy atom. The van der Waals surface area contributed by atoms with Gasteiger partial charge in [0.05, 0.1) is 16.2 Å². The molecule has 0 bridgehead atoms. The van der Waals surface area contributed by atoms with Crippen LogP contribution in [0.25, 0.3) is 0 Å². The minimum absolute atomic E-state index is 0.272. The van der Waals surface area contributed by atoms with Gasteiger partial charge in [-0.15, -0.1) is 0 Å². The zero-order chi connectivity index (χ0) is 12.5. The van der Waals surface area contributed by atoms with Gasteiger partial charge in [-0.2, -0.15) is 0 Å². The Balaban J connectivity index is 2.15. The van der Waals surface area contributed by atoms with Gasteiger partial charge in [-0.25, -0.2) is 4.39 Å². The molecule has 1 fully saturated rings. The fourth-order valence-electron chi connectivity index (χ4n) is 2.07. The highest BCUT2D eigenvalue weighted by atomic mass is 35.5. The smallest absolute Gasteiger partial charge is 0.244 e. The molecule has 17 heavy (non-hydrogen) atoms. The average molecular weight is 257 g/mol. The molecule has 0 radical (unpaired) electrons. The van der Waals surface area contributed by atoms with Gasteiger partial charge in [0, 0.05) is 0 Å². The number of carbonyl (C=O) groups excluding carboxylic acids is 1. The summed E-state index contributed by atoms with van der Waals surface area (Å²) in [6.45, 7) is 0. The predicted molar refractivity (Wildman–Crippen MR) is 65.4 cm³/mol. The summed E-state index contributed by atoms with van der Waals surface area (Å²) in [5.41, 5.74) is 5.42. The first-order valence-corrected chi connectivity index (χ1v) is 5.94. The van der Waals surface area contributed by atoms with E-state index in [1.165, 1.54) is 18.2 Å². The van der Waals surface area contributed by atoms with Crippen LogP contribution in [-0.2, 0) is 4.79 Å². The molecule has 0 spiro atoms. The van der Waals surface area contributed by atoms with Gasteiger partial charge in [0.2, 0.25) is 5.91 Å². The van der Waals surface area contributed by atoms with Crippen LogP contribution >= 0.6 is 11.6 Å². The second-order valence-corrected chi connectivity index (χ2v) is 4.85. The number of halogens is 2. The van der Waals surface area contributed by atoms with E-state index in [9.17, 15) is 9.18 Å². The molecule has 1 aliphatic rings. The van der Waals surface area contributed by atoms with Crippen molar-refractivity contribution in [3.05, 3.63) is 29.0 Å². The number of nitrogens with one attached hydrogen (secondary N) is 1. The SMILES string of the molecule is NC1(C(=O)Nc2cc(F)ccc2Cl)CCCC1. The van der Waals surface area contributed by atoms with Gasteiger partial charge < -0.3 is 11.1 Å². The van der Waals surface area contributed by atoms with Gasteiger partial charge in [-0.05, 0) is 31.0 Å². The fourth-order valence-corrected chi connectivity index (χ4v) is 2.24. The molecule has 1 amide bonds. The predicted octanol–water partition coefficient (Wildman–Crippen LogP) is 2.69. The van der Waals surface area contributed by atoms with Crippen molar-refractivity contribution < 1.29 is 9.18 Å². The maximum atomic E-state index is 13.0. The third kappa shape index (κ3) is 2.58. The van der Waals surface area contributed by atoms with Crippen LogP contribution in [-0.4, -0.2) is 11.4 Å². The van der Waals surface area contributed by atoms with Crippen LogP contribution < -0.4 is 11.1 Å². The molecule has 0 saturated heterocycles. The topological polar surface area (TPSA) is 55.1 Å². The van der Waals surface area contributed by atoms with E-state index in [1.807, 2.05) is 0 Å². The molecule has 5 heteroatoms. The third-order valence-corrected chi connectivity index (χ3v) is 3.45. The van der Waals surface area contributed by atoms with Gasteiger partial charge >= 0.3 is 0 Å². The quantitative estimate of drug-likeness (QED) is 0.855.